The molecule has 0 saturated carbocycles. The van der Waals surface area contributed by atoms with Crippen LogP contribution in [0.15, 0.2) is 28.7 Å². The second-order valence-corrected chi connectivity index (χ2v) is 5.48. The van der Waals surface area contributed by atoms with Crippen molar-refractivity contribution in [2.45, 2.75) is 19.4 Å². The van der Waals surface area contributed by atoms with E-state index >= 15 is 0 Å². The third-order valence-corrected chi connectivity index (χ3v) is 3.72. The fourth-order valence-corrected chi connectivity index (χ4v) is 2.46. The summed E-state index contributed by atoms with van der Waals surface area (Å²) in [4.78, 5) is 12.1. The van der Waals surface area contributed by atoms with Crippen LogP contribution in [-0.4, -0.2) is 25.0 Å². The van der Waals surface area contributed by atoms with E-state index in [4.69, 9.17) is 0 Å². The van der Waals surface area contributed by atoms with Gasteiger partial charge in [0.2, 0.25) is 0 Å². The molecule has 1 aliphatic rings. The zero-order valence-electron chi connectivity index (χ0n) is 10.3. The summed E-state index contributed by atoms with van der Waals surface area (Å²) < 4.78 is 0.931. The summed E-state index contributed by atoms with van der Waals surface area (Å²) in [6.07, 6.45) is 1.11. The zero-order valence-corrected chi connectivity index (χ0v) is 12.7. The Morgan fingerprint density at radius 1 is 1.50 bits per heavy atom. The van der Waals surface area contributed by atoms with Crippen LogP contribution in [0.1, 0.15) is 23.7 Å². The third-order valence-electron chi connectivity index (χ3n) is 3.23. The van der Waals surface area contributed by atoms with Gasteiger partial charge in [-0.05, 0) is 37.1 Å². The lowest BCUT2D eigenvalue weighted by atomic mass is 9.94. The average molecular weight is 334 g/mol. The summed E-state index contributed by atoms with van der Waals surface area (Å²) in [6.45, 7) is 4.10. The van der Waals surface area contributed by atoms with Gasteiger partial charge in [0.1, 0.15) is 0 Å². The number of carbonyl (C=O) groups is 1. The normalized spacial score (nSPS) is 23.0. The molecular weight excluding hydrogens is 316 g/mol. The summed E-state index contributed by atoms with van der Waals surface area (Å²) in [5, 5.41) is 6.40. The van der Waals surface area contributed by atoms with Crippen LogP contribution in [0.25, 0.3) is 0 Å². The van der Waals surface area contributed by atoms with Crippen LogP contribution in [-0.2, 0) is 0 Å². The van der Waals surface area contributed by atoms with Crippen molar-refractivity contribution >= 4 is 34.2 Å². The molecule has 18 heavy (non-hydrogen) atoms. The fourth-order valence-electron chi connectivity index (χ4n) is 2.06. The molecule has 1 saturated heterocycles. The average Bonchev–Trinajstić information content (AvgIpc) is 2.32. The van der Waals surface area contributed by atoms with Gasteiger partial charge in [-0.3, -0.25) is 4.79 Å². The van der Waals surface area contributed by atoms with E-state index < -0.39 is 0 Å². The van der Waals surface area contributed by atoms with Crippen LogP contribution >= 0.6 is 28.3 Å². The van der Waals surface area contributed by atoms with Gasteiger partial charge in [-0.15, -0.1) is 12.4 Å². The van der Waals surface area contributed by atoms with Gasteiger partial charge in [0.15, 0.2) is 0 Å². The third kappa shape index (κ3) is 3.97. The number of nitrogens with one attached hydrogen (secondary N) is 2. The van der Waals surface area contributed by atoms with Crippen molar-refractivity contribution in [1.29, 1.82) is 0 Å². The minimum absolute atomic E-state index is 0. The van der Waals surface area contributed by atoms with Gasteiger partial charge in [-0.1, -0.05) is 28.9 Å². The largest absolute Gasteiger partial charge is 0.348 e. The first-order valence-corrected chi connectivity index (χ1v) is 6.73. The maximum absolute atomic E-state index is 12.1. The van der Waals surface area contributed by atoms with Crippen LogP contribution in [0, 0.1) is 5.92 Å². The van der Waals surface area contributed by atoms with E-state index in [1.807, 2.05) is 24.3 Å². The molecule has 1 heterocycles. The summed E-state index contributed by atoms with van der Waals surface area (Å²) >= 11 is 3.38. The Labute approximate surface area is 122 Å². The predicted molar refractivity (Wildman–Crippen MR) is 79.3 cm³/mol. The molecule has 2 atom stereocenters. The molecule has 0 spiro atoms. The van der Waals surface area contributed by atoms with E-state index in [1.165, 1.54) is 0 Å². The van der Waals surface area contributed by atoms with Crippen molar-refractivity contribution in [3.8, 4) is 0 Å². The Balaban J connectivity index is 0.00000162. The first-order valence-electron chi connectivity index (χ1n) is 5.94. The lowest BCUT2D eigenvalue weighted by molar-refractivity contribution is 0.0915. The van der Waals surface area contributed by atoms with E-state index in [2.05, 4.69) is 33.5 Å². The second-order valence-electron chi connectivity index (χ2n) is 4.56. The first-order chi connectivity index (χ1) is 8.16. The van der Waals surface area contributed by atoms with Gasteiger partial charge >= 0.3 is 0 Å². The monoisotopic (exact) mass is 332 g/mol. The lowest BCUT2D eigenvalue weighted by Crippen LogP contribution is -2.50. The minimum Gasteiger partial charge on any atom is -0.348 e. The van der Waals surface area contributed by atoms with Crippen molar-refractivity contribution in [3.63, 3.8) is 0 Å². The van der Waals surface area contributed by atoms with Crippen molar-refractivity contribution in [3.05, 3.63) is 34.3 Å². The number of rotatable bonds is 2. The Kier molecular flexibility index (Phi) is 6.12. The molecule has 2 unspecified atom stereocenters. The van der Waals surface area contributed by atoms with Gasteiger partial charge in [-0.25, -0.2) is 0 Å². The van der Waals surface area contributed by atoms with Crippen LogP contribution in [0.2, 0.25) is 0 Å². The van der Waals surface area contributed by atoms with Gasteiger partial charge in [0.05, 0.1) is 0 Å². The maximum atomic E-state index is 12.1. The molecule has 1 fully saturated rings. The number of amides is 1. The highest BCUT2D eigenvalue weighted by molar-refractivity contribution is 9.10. The van der Waals surface area contributed by atoms with E-state index in [9.17, 15) is 4.79 Å². The summed E-state index contributed by atoms with van der Waals surface area (Å²) in [6, 6.07) is 7.70. The molecule has 1 amide bonds. The Morgan fingerprint density at radius 2 is 2.28 bits per heavy atom. The van der Waals surface area contributed by atoms with Gasteiger partial charge in [0.25, 0.3) is 5.91 Å². The van der Waals surface area contributed by atoms with E-state index in [0.29, 0.717) is 11.5 Å². The minimum atomic E-state index is 0. The molecular formula is C13H18BrClN2O. The van der Waals surface area contributed by atoms with Crippen LogP contribution in [0.4, 0.5) is 0 Å². The molecule has 2 N–H and O–H groups in total. The molecule has 0 aliphatic carbocycles. The molecule has 1 aromatic carbocycles. The van der Waals surface area contributed by atoms with Crippen molar-refractivity contribution in [2.24, 2.45) is 5.92 Å². The fraction of sp³-hybridized carbons (Fsp3) is 0.462. The molecule has 0 bridgehead atoms. The summed E-state index contributed by atoms with van der Waals surface area (Å²) in [5.41, 5.74) is 0.706. The Bertz CT molecular complexity index is 414. The molecule has 1 aliphatic heterocycles. The SMILES string of the molecule is CC1CCNCC1NC(=O)c1cccc(Br)c1.Cl. The topological polar surface area (TPSA) is 41.1 Å². The van der Waals surface area contributed by atoms with Crippen LogP contribution in [0.5, 0.6) is 0 Å². The molecule has 0 aromatic heterocycles. The van der Waals surface area contributed by atoms with E-state index in [0.717, 1.165) is 24.0 Å². The summed E-state index contributed by atoms with van der Waals surface area (Å²) in [5.74, 6) is 0.541. The number of hydrogen-bond acceptors (Lipinski definition) is 2. The number of hydrogen-bond donors (Lipinski definition) is 2. The number of halogens is 2. The highest BCUT2D eigenvalue weighted by atomic mass is 79.9. The number of benzene rings is 1. The molecule has 100 valence electrons. The molecule has 3 nitrogen and oxygen atoms in total. The van der Waals surface area contributed by atoms with Gasteiger partial charge < -0.3 is 10.6 Å². The highest BCUT2D eigenvalue weighted by Crippen LogP contribution is 2.14. The molecule has 5 heteroatoms. The zero-order chi connectivity index (χ0) is 12.3. The van der Waals surface area contributed by atoms with Gasteiger partial charge in [-0.2, -0.15) is 0 Å². The number of piperidine rings is 1. The molecule has 2 rings (SSSR count). The smallest absolute Gasteiger partial charge is 0.251 e. The Hall–Kier alpha value is -0.580. The van der Waals surface area contributed by atoms with Crippen molar-refractivity contribution in [2.75, 3.05) is 13.1 Å². The second kappa shape index (κ2) is 7.12. The van der Waals surface area contributed by atoms with E-state index in [-0.39, 0.29) is 24.4 Å². The Morgan fingerprint density at radius 3 is 2.94 bits per heavy atom. The molecule has 0 radical (unpaired) electrons. The first kappa shape index (κ1) is 15.5. The lowest BCUT2D eigenvalue weighted by Gasteiger charge is -2.30. The highest BCUT2D eigenvalue weighted by Gasteiger charge is 2.22. The van der Waals surface area contributed by atoms with Crippen molar-refractivity contribution in [1.82, 2.24) is 10.6 Å². The standard InChI is InChI=1S/C13H17BrN2O.ClH/c1-9-5-6-15-8-12(9)16-13(17)10-3-2-4-11(14)7-10;/h2-4,7,9,12,15H,5-6,8H2,1H3,(H,16,17);1H. The predicted octanol–water partition coefficient (Wildman–Crippen LogP) is 2.60. The summed E-state index contributed by atoms with van der Waals surface area (Å²) in [7, 11) is 0. The molecule has 1 aromatic rings. The van der Waals surface area contributed by atoms with Crippen LogP contribution in [0.3, 0.4) is 0 Å². The quantitative estimate of drug-likeness (QED) is 0.873. The van der Waals surface area contributed by atoms with Gasteiger partial charge in [0, 0.05) is 22.6 Å². The maximum Gasteiger partial charge on any atom is 0.251 e. The van der Waals surface area contributed by atoms with E-state index in [1.54, 1.807) is 0 Å². The van der Waals surface area contributed by atoms with Crippen molar-refractivity contribution < 1.29 is 4.79 Å². The number of carbonyl (C=O) groups excluding carboxylic acids is 1. The van der Waals surface area contributed by atoms with Crippen LogP contribution < -0.4 is 10.6 Å².